The molecule has 1 unspecified atom stereocenters. The molecule has 2 N–H and O–H groups in total. The van der Waals surface area contributed by atoms with Crippen molar-refractivity contribution in [2.24, 2.45) is 0 Å². The van der Waals surface area contributed by atoms with Crippen LogP contribution in [-0.2, 0) is 10.0 Å². The van der Waals surface area contributed by atoms with E-state index in [2.05, 4.69) is 15.0 Å². The highest BCUT2D eigenvalue weighted by molar-refractivity contribution is 7.93. The smallest absolute Gasteiger partial charge is 0.236 e. The Labute approximate surface area is 119 Å². The summed E-state index contributed by atoms with van der Waals surface area (Å²) < 4.78 is 26.9. The summed E-state index contributed by atoms with van der Waals surface area (Å²) in [6, 6.07) is 9.39. The monoisotopic (exact) mass is 293 g/mol. The van der Waals surface area contributed by atoms with Crippen molar-refractivity contribution in [2.45, 2.75) is 19.1 Å². The first-order valence-electron chi connectivity index (χ1n) is 6.60. The topological polar surface area (TPSA) is 71.1 Å². The summed E-state index contributed by atoms with van der Waals surface area (Å²) in [5.41, 5.74) is 1.34. The zero-order valence-corrected chi connectivity index (χ0v) is 12.4. The van der Waals surface area contributed by atoms with Crippen molar-refractivity contribution >= 4 is 26.6 Å². The first-order valence-corrected chi connectivity index (χ1v) is 8.14. The van der Waals surface area contributed by atoms with E-state index in [1.807, 2.05) is 31.2 Å². The fraction of sp³-hybridized carbons (Fsp3) is 0.357. The summed E-state index contributed by atoms with van der Waals surface area (Å²) in [7, 11) is -3.41. The standard InChI is InChI=1S/C14H19N3O2S/c1-3-15-9-11(2)20(18,19)17-13-8-12-6-4-5-7-14(12)16-10-13/h4-8,10-11,15,17H,3,9H2,1-2H3. The maximum Gasteiger partial charge on any atom is 0.236 e. The first-order chi connectivity index (χ1) is 9.53. The SMILES string of the molecule is CCNCC(C)S(=O)(=O)Nc1cnc2ccccc2c1. The van der Waals surface area contributed by atoms with Crippen LogP contribution >= 0.6 is 0 Å². The number of rotatable bonds is 6. The lowest BCUT2D eigenvalue weighted by molar-refractivity contribution is 0.579. The molecule has 1 atom stereocenters. The number of nitrogens with zero attached hydrogens (tertiary/aromatic N) is 1. The van der Waals surface area contributed by atoms with E-state index in [1.165, 1.54) is 0 Å². The third kappa shape index (κ3) is 3.46. The van der Waals surface area contributed by atoms with Gasteiger partial charge in [0.2, 0.25) is 10.0 Å². The van der Waals surface area contributed by atoms with Crippen molar-refractivity contribution in [3.05, 3.63) is 36.5 Å². The molecule has 0 aliphatic carbocycles. The number of pyridine rings is 1. The van der Waals surface area contributed by atoms with Crippen LogP contribution in [0.5, 0.6) is 0 Å². The molecule has 1 heterocycles. The van der Waals surface area contributed by atoms with Crippen LogP contribution in [0.2, 0.25) is 0 Å². The van der Waals surface area contributed by atoms with Crippen molar-refractivity contribution in [1.29, 1.82) is 0 Å². The zero-order valence-electron chi connectivity index (χ0n) is 11.6. The van der Waals surface area contributed by atoms with Crippen molar-refractivity contribution in [2.75, 3.05) is 17.8 Å². The Kier molecular flexibility index (Phi) is 4.57. The van der Waals surface area contributed by atoms with Gasteiger partial charge < -0.3 is 5.32 Å². The van der Waals surface area contributed by atoms with Crippen LogP contribution in [0.3, 0.4) is 0 Å². The van der Waals surface area contributed by atoms with E-state index in [9.17, 15) is 8.42 Å². The molecule has 0 radical (unpaired) electrons. The van der Waals surface area contributed by atoms with E-state index in [0.717, 1.165) is 17.4 Å². The Hall–Kier alpha value is -1.66. The van der Waals surface area contributed by atoms with Gasteiger partial charge in [0.15, 0.2) is 0 Å². The Morgan fingerprint density at radius 2 is 2.05 bits per heavy atom. The highest BCUT2D eigenvalue weighted by Crippen LogP contribution is 2.17. The first kappa shape index (κ1) is 14.7. The van der Waals surface area contributed by atoms with Gasteiger partial charge in [0, 0.05) is 11.9 Å². The van der Waals surface area contributed by atoms with E-state index >= 15 is 0 Å². The van der Waals surface area contributed by atoms with E-state index < -0.39 is 15.3 Å². The number of anilines is 1. The molecule has 0 saturated heterocycles. The zero-order chi connectivity index (χ0) is 14.6. The van der Waals surface area contributed by atoms with Gasteiger partial charge >= 0.3 is 0 Å². The van der Waals surface area contributed by atoms with E-state index in [-0.39, 0.29) is 0 Å². The van der Waals surface area contributed by atoms with Gasteiger partial charge in [-0.2, -0.15) is 0 Å². The Balaban J connectivity index is 2.18. The Morgan fingerprint density at radius 1 is 1.30 bits per heavy atom. The highest BCUT2D eigenvalue weighted by Gasteiger charge is 2.20. The summed E-state index contributed by atoms with van der Waals surface area (Å²) in [6.07, 6.45) is 1.54. The molecule has 0 aliphatic rings. The van der Waals surface area contributed by atoms with Crippen LogP contribution in [0.25, 0.3) is 10.9 Å². The number of nitrogens with one attached hydrogen (secondary N) is 2. The average molecular weight is 293 g/mol. The maximum atomic E-state index is 12.2. The molecule has 0 bridgehead atoms. The lowest BCUT2D eigenvalue weighted by Crippen LogP contribution is -2.34. The molecule has 20 heavy (non-hydrogen) atoms. The van der Waals surface area contributed by atoms with Gasteiger partial charge in [-0.3, -0.25) is 9.71 Å². The van der Waals surface area contributed by atoms with E-state index in [4.69, 9.17) is 0 Å². The third-order valence-corrected chi connectivity index (χ3v) is 4.81. The summed E-state index contributed by atoms with van der Waals surface area (Å²) in [4.78, 5) is 4.24. The maximum absolute atomic E-state index is 12.2. The highest BCUT2D eigenvalue weighted by atomic mass is 32.2. The predicted molar refractivity (Wildman–Crippen MR) is 82.3 cm³/mol. The number of benzene rings is 1. The molecule has 0 spiro atoms. The molecule has 0 saturated carbocycles. The summed E-state index contributed by atoms with van der Waals surface area (Å²) >= 11 is 0. The lowest BCUT2D eigenvalue weighted by atomic mass is 10.2. The Bertz CT molecular complexity index is 686. The molecule has 5 nitrogen and oxygen atoms in total. The number of para-hydroxylation sites is 1. The van der Waals surface area contributed by atoms with Gasteiger partial charge in [0.25, 0.3) is 0 Å². The second-order valence-electron chi connectivity index (χ2n) is 4.68. The van der Waals surface area contributed by atoms with E-state index in [0.29, 0.717) is 12.2 Å². The summed E-state index contributed by atoms with van der Waals surface area (Å²) in [5, 5.41) is 3.44. The number of hydrogen-bond acceptors (Lipinski definition) is 4. The number of aromatic nitrogens is 1. The number of hydrogen-bond donors (Lipinski definition) is 2. The van der Waals surface area contributed by atoms with Crippen molar-refractivity contribution in [1.82, 2.24) is 10.3 Å². The quantitative estimate of drug-likeness (QED) is 0.854. The normalized spacial score (nSPS) is 13.3. The largest absolute Gasteiger partial charge is 0.316 e. The predicted octanol–water partition coefficient (Wildman–Crippen LogP) is 1.97. The van der Waals surface area contributed by atoms with Crippen molar-refractivity contribution < 1.29 is 8.42 Å². The molecule has 1 aromatic heterocycles. The fourth-order valence-corrected chi connectivity index (χ4v) is 2.83. The molecule has 6 heteroatoms. The minimum absolute atomic E-state index is 0.423. The summed E-state index contributed by atoms with van der Waals surface area (Å²) in [5.74, 6) is 0. The van der Waals surface area contributed by atoms with Gasteiger partial charge in [0.1, 0.15) is 0 Å². The van der Waals surface area contributed by atoms with Gasteiger partial charge in [-0.25, -0.2) is 8.42 Å². The van der Waals surface area contributed by atoms with Gasteiger partial charge in [-0.05, 0) is 25.6 Å². The van der Waals surface area contributed by atoms with Gasteiger partial charge in [-0.1, -0.05) is 25.1 Å². The molecule has 0 fully saturated rings. The minimum Gasteiger partial charge on any atom is -0.316 e. The third-order valence-electron chi connectivity index (χ3n) is 3.06. The van der Waals surface area contributed by atoms with Gasteiger partial charge in [-0.15, -0.1) is 0 Å². The molecule has 0 aliphatic heterocycles. The van der Waals surface area contributed by atoms with E-state index in [1.54, 1.807) is 19.2 Å². The summed E-state index contributed by atoms with van der Waals surface area (Å²) in [6.45, 7) is 4.80. The van der Waals surface area contributed by atoms with Crippen LogP contribution in [0, 0.1) is 0 Å². The Morgan fingerprint density at radius 3 is 2.80 bits per heavy atom. The molecule has 2 rings (SSSR count). The second kappa shape index (κ2) is 6.19. The van der Waals surface area contributed by atoms with Crippen molar-refractivity contribution in [3.8, 4) is 0 Å². The molecular weight excluding hydrogens is 274 g/mol. The number of fused-ring (bicyclic) bond motifs is 1. The fourth-order valence-electron chi connectivity index (χ4n) is 1.85. The number of sulfonamides is 1. The van der Waals surface area contributed by atoms with Crippen molar-refractivity contribution in [3.63, 3.8) is 0 Å². The average Bonchev–Trinajstić information content (AvgIpc) is 2.44. The second-order valence-corrected chi connectivity index (χ2v) is 6.78. The molecule has 0 amide bonds. The molecule has 1 aromatic carbocycles. The molecule has 2 aromatic rings. The van der Waals surface area contributed by atoms with Crippen LogP contribution in [0.1, 0.15) is 13.8 Å². The van der Waals surface area contributed by atoms with Gasteiger partial charge in [0.05, 0.1) is 22.7 Å². The van der Waals surface area contributed by atoms with Crippen LogP contribution < -0.4 is 10.0 Å². The molecule has 108 valence electrons. The van der Waals surface area contributed by atoms with Crippen LogP contribution in [0.4, 0.5) is 5.69 Å². The minimum atomic E-state index is -3.41. The molecular formula is C14H19N3O2S. The lowest BCUT2D eigenvalue weighted by Gasteiger charge is -2.15. The van der Waals surface area contributed by atoms with Crippen LogP contribution in [-0.4, -0.2) is 31.7 Å². The van der Waals surface area contributed by atoms with Crippen LogP contribution in [0.15, 0.2) is 36.5 Å².